The van der Waals surface area contributed by atoms with Gasteiger partial charge in [0.25, 0.3) is 0 Å². The standard InChI is InChI=1S/C21H23FN2O3/c22-16-8-4-7-15(12-16)18-13-19(18)24-21(27)23-17(9-10-20(25)26)11-14-5-2-1-3-6-14/h1-8,12,17-19H,9-11,13H2,(H,25,26)(H2,23,24,27)/t17?,18-,19+/m0/s1. The minimum Gasteiger partial charge on any atom is -0.481 e. The first-order valence-corrected chi connectivity index (χ1v) is 9.09. The van der Waals surface area contributed by atoms with Gasteiger partial charge in [0.05, 0.1) is 0 Å². The molecule has 1 aliphatic carbocycles. The minimum absolute atomic E-state index is 0.00682. The van der Waals surface area contributed by atoms with Gasteiger partial charge in [-0.25, -0.2) is 9.18 Å². The van der Waals surface area contributed by atoms with Crippen LogP contribution in [0.25, 0.3) is 0 Å². The Morgan fingerprint density at radius 3 is 2.63 bits per heavy atom. The zero-order valence-corrected chi connectivity index (χ0v) is 14.9. The molecule has 0 aromatic heterocycles. The highest BCUT2D eigenvalue weighted by atomic mass is 19.1. The van der Waals surface area contributed by atoms with E-state index in [1.165, 1.54) is 12.1 Å². The van der Waals surface area contributed by atoms with Gasteiger partial charge in [-0.15, -0.1) is 0 Å². The summed E-state index contributed by atoms with van der Waals surface area (Å²) in [6, 6.07) is 15.5. The van der Waals surface area contributed by atoms with E-state index >= 15 is 0 Å². The second kappa shape index (κ2) is 8.66. The van der Waals surface area contributed by atoms with Crippen molar-refractivity contribution in [2.45, 2.75) is 43.7 Å². The summed E-state index contributed by atoms with van der Waals surface area (Å²) in [5.41, 5.74) is 1.92. The van der Waals surface area contributed by atoms with Gasteiger partial charge in [-0.2, -0.15) is 0 Å². The van der Waals surface area contributed by atoms with Crippen LogP contribution in [0.15, 0.2) is 54.6 Å². The molecule has 2 aromatic rings. The number of carbonyl (C=O) groups excluding carboxylic acids is 1. The number of benzene rings is 2. The third-order valence-corrected chi connectivity index (χ3v) is 4.75. The van der Waals surface area contributed by atoms with Crippen molar-refractivity contribution in [1.82, 2.24) is 10.6 Å². The molecule has 1 fully saturated rings. The molecular weight excluding hydrogens is 347 g/mol. The summed E-state index contributed by atoms with van der Waals surface area (Å²) in [7, 11) is 0. The number of carboxylic acids is 1. The van der Waals surface area contributed by atoms with Crippen molar-refractivity contribution < 1.29 is 19.1 Å². The number of halogens is 1. The van der Waals surface area contributed by atoms with E-state index in [0.717, 1.165) is 17.5 Å². The summed E-state index contributed by atoms with van der Waals surface area (Å²) in [6.07, 6.45) is 1.69. The maximum absolute atomic E-state index is 13.3. The SMILES string of the molecule is O=C(O)CCC(Cc1ccccc1)NC(=O)N[C@@H]1C[C@H]1c1cccc(F)c1. The molecule has 0 bridgehead atoms. The molecule has 0 heterocycles. The van der Waals surface area contributed by atoms with Crippen molar-refractivity contribution in [3.05, 3.63) is 71.5 Å². The van der Waals surface area contributed by atoms with E-state index in [1.807, 2.05) is 36.4 Å². The monoisotopic (exact) mass is 370 g/mol. The molecule has 142 valence electrons. The van der Waals surface area contributed by atoms with E-state index in [9.17, 15) is 14.0 Å². The molecule has 0 saturated heterocycles. The van der Waals surface area contributed by atoms with E-state index in [1.54, 1.807) is 6.07 Å². The third kappa shape index (κ3) is 5.81. The molecular formula is C21H23FN2O3. The van der Waals surface area contributed by atoms with Crippen LogP contribution in [0.5, 0.6) is 0 Å². The Bertz CT molecular complexity index is 797. The molecule has 1 unspecified atom stereocenters. The fourth-order valence-corrected chi connectivity index (χ4v) is 3.28. The summed E-state index contributed by atoms with van der Waals surface area (Å²) in [5.74, 6) is -1.04. The number of aliphatic carboxylic acids is 1. The van der Waals surface area contributed by atoms with E-state index in [2.05, 4.69) is 10.6 Å². The van der Waals surface area contributed by atoms with Crippen LogP contribution in [-0.2, 0) is 11.2 Å². The van der Waals surface area contributed by atoms with Crippen molar-refractivity contribution >= 4 is 12.0 Å². The summed E-state index contributed by atoms with van der Waals surface area (Å²) >= 11 is 0. The highest BCUT2D eigenvalue weighted by Crippen LogP contribution is 2.40. The smallest absolute Gasteiger partial charge is 0.315 e. The third-order valence-electron chi connectivity index (χ3n) is 4.75. The van der Waals surface area contributed by atoms with Crippen LogP contribution >= 0.6 is 0 Å². The Kier molecular flexibility index (Phi) is 6.06. The normalized spacial score (nSPS) is 19.1. The number of hydrogen-bond donors (Lipinski definition) is 3. The van der Waals surface area contributed by atoms with Gasteiger partial charge in [0.2, 0.25) is 0 Å². The fourth-order valence-electron chi connectivity index (χ4n) is 3.28. The zero-order chi connectivity index (χ0) is 19.2. The Morgan fingerprint density at radius 2 is 1.93 bits per heavy atom. The average molecular weight is 370 g/mol. The Hall–Kier alpha value is -2.89. The number of urea groups is 1. The number of carboxylic acid groups (broad SMARTS) is 1. The van der Waals surface area contributed by atoms with Gasteiger partial charge >= 0.3 is 12.0 Å². The quantitative estimate of drug-likeness (QED) is 0.666. The Morgan fingerprint density at radius 1 is 1.15 bits per heavy atom. The van der Waals surface area contributed by atoms with Crippen LogP contribution in [-0.4, -0.2) is 29.2 Å². The summed E-state index contributed by atoms with van der Waals surface area (Å²) in [6.45, 7) is 0. The second-order valence-electron chi connectivity index (χ2n) is 6.94. The van der Waals surface area contributed by atoms with Crippen molar-refractivity contribution in [3.63, 3.8) is 0 Å². The van der Waals surface area contributed by atoms with Crippen LogP contribution < -0.4 is 10.6 Å². The van der Waals surface area contributed by atoms with Gasteiger partial charge in [-0.05, 0) is 42.5 Å². The molecule has 1 aliphatic rings. The largest absolute Gasteiger partial charge is 0.481 e. The van der Waals surface area contributed by atoms with Crippen molar-refractivity contribution in [2.75, 3.05) is 0 Å². The summed E-state index contributed by atoms with van der Waals surface area (Å²) in [5, 5.41) is 14.7. The van der Waals surface area contributed by atoms with Gasteiger partial charge in [-0.1, -0.05) is 42.5 Å². The molecule has 3 rings (SSSR count). The highest BCUT2D eigenvalue weighted by Gasteiger charge is 2.39. The molecule has 3 atom stereocenters. The van der Waals surface area contributed by atoms with Crippen LogP contribution in [0.2, 0.25) is 0 Å². The van der Waals surface area contributed by atoms with Crippen LogP contribution in [0.3, 0.4) is 0 Å². The molecule has 0 radical (unpaired) electrons. The molecule has 6 heteroatoms. The second-order valence-corrected chi connectivity index (χ2v) is 6.94. The number of nitrogens with one attached hydrogen (secondary N) is 2. The van der Waals surface area contributed by atoms with Gasteiger partial charge in [0, 0.05) is 24.4 Å². The number of rotatable bonds is 8. The highest BCUT2D eigenvalue weighted by molar-refractivity contribution is 5.75. The van der Waals surface area contributed by atoms with Crippen molar-refractivity contribution in [1.29, 1.82) is 0 Å². The fraction of sp³-hybridized carbons (Fsp3) is 0.333. The van der Waals surface area contributed by atoms with Gasteiger partial charge in [-0.3, -0.25) is 4.79 Å². The van der Waals surface area contributed by atoms with Crippen LogP contribution in [0, 0.1) is 5.82 Å². The summed E-state index contributed by atoms with van der Waals surface area (Å²) in [4.78, 5) is 23.2. The maximum Gasteiger partial charge on any atom is 0.315 e. The van der Waals surface area contributed by atoms with Crippen molar-refractivity contribution in [3.8, 4) is 0 Å². The first-order valence-electron chi connectivity index (χ1n) is 9.09. The molecule has 2 amide bonds. The summed E-state index contributed by atoms with van der Waals surface area (Å²) < 4.78 is 13.3. The lowest BCUT2D eigenvalue weighted by Crippen LogP contribution is -2.44. The molecule has 5 nitrogen and oxygen atoms in total. The Balaban J connectivity index is 1.53. The molecule has 27 heavy (non-hydrogen) atoms. The molecule has 0 spiro atoms. The van der Waals surface area contributed by atoms with Gasteiger partial charge in [0.1, 0.15) is 5.82 Å². The lowest BCUT2D eigenvalue weighted by Gasteiger charge is -2.19. The van der Waals surface area contributed by atoms with E-state index in [0.29, 0.717) is 12.8 Å². The van der Waals surface area contributed by atoms with Crippen LogP contribution in [0.4, 0.5) is 9.18 Å². The maximum atomic E-state index is 13.3. The van der Waals surface area contributed by atoms with Crippen molar-refractivity contribution in [2.24, 2.45) is 0 Å². The lowest BCUT2D eigenvalue weighted by molar-refractivity contribution is -0.137. The predicted molar refractivity (Wildman–Crippen MR) is 100 cm³/mol. The zero-order valence-electron chi connectivity index (χ0n) is 14.9. The van der Waals surface area contributed by atoms with Gasteiger partial charge in [0.15, 0.2) is 0 Å². The number of hydrogen-bond acceptors (Lipinski definition) is 2. The number of amides is 2. The van der Waals surface area contributed by atoms with E-state index < -0.39 is 5.97 Å². The molecule has 0 aliphatic heterocycles. The van der Waals surface area contributed by atoms with E-state index in [-0.39, 0.29) is 36.3 Å². The topological polar surface area (TPSA) is 78.4 Å². The molecule has 3 N–H and O–H groups in total. The van der Waals surface area contributed by atoms with E-state index in [4.69, 9.17) is 5.11 Å². The molecule has 1 saturated carbocycles. The average Bonchev–Trinajstić information content (AvgIpc) is 3.39. The lowest BCUT2D eigenvalue weighted by atomic mass is 10.0. The first kappa shape index (κ1) is 18.9. The molecule has 2 aromatic carbocycles. The first-order chi connectivity index (χ1) is 13.0. The van der Waals surface area contributed by atoms with Gasteiger partial charge < -0.3 is 15.7 Å². The Labute approximate surface area is 157 Å². The van der Waals surface area contributed by atoms with Crippen LogP contribution in [0.1, 0.15) is 36.3 Å². The number of carbonyl (C=O) groups is 2. The minimum atomic E-state index is -0.886. The predicted octanol–water partition coefficient (Wildman–Crippen LogP) is 3.46.